The lowest BCUT2D eigenvalue weighted by atomic mass is 10.0. The molecule has 11 nitrogen and oxygen atoms in total. The second-order valence-electron chi connectivity index (χ2n) is 13.5. The number of para-hydroxylation sites is 1. The number of fused-ring (bicyclic) bond motifs is 1. The molecule has 49 heavy (non-hydrogen) atoms. The third kappa shape index (κ3) is 6.78. The van der Waals surface area contributed by atoms with E-state index in [2.05, 4.69) is 87.8 Å². The molecule has 0 aliphatic carbocycles. The number of anilines is 1. The number of halogens is 1. The predicted octanol–water partition coefficient (Wildman–Crippen LogP) is 5.68. The summed E-state index contributed by atoms with van der Waals surface area (Å²) in [5, 5.41) is 13.6. The van der Waals surface area contributed by atoms with Crippen LogP contribution in [0, 0.1) is 5.95 Å². The highest BCUT2D eigenvalue weighted by Crippen LogP contribution is 2.41. The average molecular weight is 667 g/mol. The van der Waals surface area contributed by atoms with Crippen LogP contribution in [0.1, 0.15) is 68.8 Å². The highest BCUT2D eigenvalue weighted by molar-refractivity contribution is 5.72. The fourth-order valence-corrected chi connectivity index (χ4v) is 7.45. The quantitative estimate of drug-likeness (QED) is 0.195. The Morgan fingerprint density at radius 3 is 2.59 bits per heavy atom. The maximum atomic E-state index is 14.2. The van der Waals surface area contributed by atoms with Crippen LogP contribution in [-0.4, -0.2) is 80.8 Å². The summed E-state index contributed by atoms with van der Waals surface area (Å²) in [7, 11) is 4.28. The van der Waals surface area contributed by atoms with E-state index in [-0.39, 0.29) is 18.2 Å². The molecule has 1 aromatic carbocycles. The summed E-state index contributed by atoms with van der Waals surface area (Å²) in [6.07, 6.45) is 9.32. The van der Waals surface area contributed by atoms with Crippen molar-refractivity contribution in [2.24, 2.45) is 0 Å². The number of pyridine rings is 2. The molecule has 12 heteroatoms. The van der Waals surface area contributed by atoms with E-state index in [0.717, 1.165) is 84.7 Å². The minimum Gasteiger partial charge on any atom is -0.365 e. The Bertz CT molecular complexity index is 1800. The van der Waals surface area contributed by atoms with E-state index in [1.165, 1.54) is 12.3 Å². The number of imidazole rings is 1. The summed E-state index contributed by atoms with van der Waals surface area (Å²) in [6.45, 7) is 12.3. The first-order valence-corrected chi connectivity index (χ1v) is 17.4. The van der Waals surface area contributed by atoms with Gasteiger partial charge in [0.15, 0.2) is 5.65 Å². The van der Waals surface area contributed by atoms with Crippen molar-refractivity contribution in [1.29, 1.82) is 0 Å². The molecule has 7 rings (SSSR count). The standard InChI is InChI=1S/C37H47FN10O/c1-6-7-17-46-23-32(35(49-46)27-13-16-39-33(38)21-27)42-26(3)43-36-25(2)34(45(5)48(36)30-11-9-8-10-12-30)28-20-31-37(40-22-28)47(24-41-31)29-14-18-44(4)19-15-29/h8-13,16,20-22,24,29,32,34-35,42-43H,3,6-7,14-15,17-19,23H2,1-2,4-5H3/t32-,34?,35+/m1/s1. The average Bonchev–Trinajstić information content (AvgIpc) is 3.78. The van der Waals surface area contributed by atoms with E-state index < -0.39 is 5.95 Å². The van der Waals surface area contributed by atoms with Crippen LogP contribution in [0.25, 0.3) is 11.2 Å². The number of benzene rings is 1. The van der Waals surface area contributed by atoms with Crippen LogP contribution in [0.3, 0.4) is 0 Å². The summed E-state index contributed by atoms with van der Waals surface area (Å²) in [5.41, 5.74) is 5.77. The van der Waals surface area contributed by atoms with Crippen molar-refractivity contribution in [1.82, 2.24) is 45.1 Å². The number of hydrogen-bond acceptors (Lipinski definition) is 10. The number of piperidine rings is 1. The van der Waals surface area contributed by atoms with Gasteiger partial charge in [0.25, 0.3) is 0 Å². The number of rotatable bonds is 11. The summed E-state index contributed by atoms with van der Waals surface area (Å²) < 4.78 is 16.4. The molecule has 0 bridgehead atoms. The zero-order chi connectivity index (χ0) is 34.1. The number of nitrogens with one attached hydrogen (secondary N) is 2. The Hall–Kier alpha value is -4.36. The molecule has 0 saturated carbocycles. The van der Waals surface area contributed by atoms with Crippen LogP contribution in [0.2, 0.25) is 0 Å². The van der Waals surface area contributed by atoms with Gasteiger partial charge in [0.1, 0.15) is 17.4 Å². The fraction of sp³-hybridized carbons (Fsp3) is 0.432. The first-order chi connectivity index (χ1) is 23.8. The van der Waals surface area contributed by atoms with Crippen molar-refractivity contribution in [3.05, 3.63) is 108 Å². The van der Waals surface area contributed by atoms with Crippen LogP contribution < -0.4 is 15.6 Å². The van der Waals surface area contributed by atoms with E-state index in [9.17, 15) is 4.39 Å². The molecule has 6 heterocycles. The molecule has 0 radical (unpaired) electrons. The molecular formula is C37H47FN10O. The van der Waals surface area contributed by atoms with Gasteiger partial charge in [0, 0.05) is 38.6 Å². The van der Waals surface area contributed by atoms with Crippen LogP contribution in [0.15, 0.2) is 91.0 Å². The largest absolute Gasteiger partial charge is 0.365 e. The molecule has 2 fully saturated rings. The lowest BCUT2D eigenvalue weighted by Crippen LogP contribution is -2.43. The molecule has 0 amide bonds. The number of aromatic nitrogens is 4. The second-order valence-corrected chi connectivity index (χ2v) is 13.5. The van der Waals surface area contributed by atoms with Gasteiger partial charge in [-0.25, -0.2) is 20.0 Å². The van der Waals surface area contributed by atoms with E-state index in [1.807, 2.05) is 41.9 Å². The van der Waals surface area contributed by atoms with Crippen molar-refractivity contribution < 1.29 is 9.23 Å². The Balaban J connectivity index is 1.16. The molecule has 1 unspecified atom stereocenters. The van der Waals surface area contributed by atoms with Gasteiger partial charge in [-0.3, -0.25) is 9.85 Å². The van der Waals surface area contributed by atoms with Crippen LogP contribution in [0.5, 0.6) is 0 Å². The van der Waals surface area contributed by atoms with Crippen LogP contribution >= 0.6 is 0 Å². The number of hydroxylamine groups is 2. The minimum absolute atomic E-state index is 0.0900. The Labute approximate surface area is 288 Å². The second kappa shape index (κ2) is 14.2. The lowest BCUT2D eigenvalue weighted by molar-refractivity contribution is -0.148. The molecular weight excluding hydrogens is 619 g/mol. The van der Waals surface area contributed by atoms with Crippen molar-refractivity contribution in [2.45, 2.75) is 63.8 Å². The number of nitrogens with zero attached hydrogens (tertiary/aromatic N) is 8. The first kappa shape index (κ1) is 33.2. The van der Waals surface area contributed by atoms with Gasteiger partial charge in [0.2, 0.25) is 5.95 Å². The number of hydrazine groups is 1. The Morgan fingerprint density at radius 1 is 1.04 bits per heavy atom. The van der Waals surface area contributed by atoms with Gasteiger partial charge in [0.05, 0.1) is 29.9 Å². The normalized spacial score (nSPS) is 22.8. The zero-order valence-electron chi connectivity index (χ0n) is 28.9. The zero-order valence-corrected chi connectivity index (χ0v) is 28.9. The fourth-order valence-electron chi connectivity index (χ4n) is 7.45. The SMILES string of the molecule is C=C(NC1=C(C)C(c2cnc3c(c2)ncn3C2CCN(C)CC2)N(C)N1c1ccccc1)N[C@@H]1CN(CCCC)O[C@H]1c1ccnc(F)c1. The van der Waals surface area contributed by atoms with E-state index in [0.29, 0.717) is 18.4 Å². The van der Waals surface area contributed by atoms with Crippen LogP contribution in [-0.2, 0) is 4.84 Å². The predicted molar refractivity (Wildman–Crippen MR) is 189 cm³/mol. The monoisotopic (exact) mass is 666 g/mol. The van der Waals surface area contributed by atoms with Gasteiger partial charge in [-0.2, -0.15) is 9.45 Å². The molecule has 3 aromatic heterocycles. The smallest absolute Gasteiger partial charge is 0.213 e. The molecule has 0 spiro atoms. The molecule has 3 aliphatic heterocycles. The lowest BCUT2D eigenvalue weighted by Gasteiger charge is -2.33. The third-order valence-electron chi connectivity index (χ3n) is 10.0. The van der Waals surface area contributed by atoms with Gasteiger partial charge in [-0.15, -0.1) is 0 Å². The van der Waals surface area contributed by atoms with E-state index >= 15 is 0 Å². The van der Waals surface area contributed by atoms with Gasteiger partial charge < -0.3 is 20.1 Å². The van der Waals surface area contributed by atoms with Gasteiger partial charge >= 0.3 is 0 Å². The first-order valence-electron chi connectivity index (χ1n) is 17.4. The Morgan fingerprint density at radius 2 is 1.84 bits per heavy atom. The maximum Gasteiger partial charge on any atom is 0.213 e. The van der Waals surface area contributed by atoms with Crippen molar-refractivity contribution in [2.75, 3.05) is 45.3 Å². The van der Waals surface area contributed by atoms with Crippen molar-refractivity contribution in [3.63, 3.8) is 0 Å². The van der Waals surface area contributed by atoms with Crippen molar-refractivity contribution >= 4 is 16.9 Å². The highest BCUT2D eigenvalue weighted by atomic mass is 19.1. The molecule has 258 valence electrons. The van der Waals surface area contributed by atoms with Gasteiger partial charge in [-0.05, 0) is 93.4 Å². The van der Waals surface area contributed by atoms with E-state index in [1.54, 1.807) is 0 Å². The topological polar surface area (TPSA) is 89.9 Å². The summed E-state index contributed by atoms with van der Waals surface area (Å²) in [6, 6.07) is 15.9. The molecule has 2 saturated heterocycles. The summed E-state index contributed by atoms with van der Waals surface area (Å²) in [4.78, 5) is 22.3. The number of hydrogen-bond donors (Lipinski definition) is 2. The maximum absolute atomic E-state index is 14.2. The highest BCUT2D eigenvalue weighted by Gasteiger charge is 2.39. The van der Waals surface area contributed by atoms with Gasteiger partial charge in [-0.1, -0.05) is 38.1 Å². The van der Waals surface area contributed by atoms with Crippen LogP contribution in [0.4, 0.5) is 10.1 Å². The number of unbranched alkanes of at least 4 members (excludes halogenated alkanes) is 1. The van der Waals surface area contributed by atoms with Crippen molar-refractivity contribution in [3.8, 4) is 0 Å². The molecule has 2 N–H and O–H groups in total. The minimum atomic E-state index is -0.524. The molecule has 3 aliphatic rings. The summed E-state index contributed by atoms with van der Waals surface area (Å²) >= 11 is 0. The number of likely N-dealkylation sites (N-methyl/N-ethyl adjacent to an activating group) is 1. The van der Waals surface area contributed by atoms with E-state index in [4.69, 9.17) is 14.8 Å². The number of likely N-dealkylation sites (tertiary alicyclic amines) is 1. The summed E-state index contributed by atoms with van der Waals surface area (Å²) in [5.74, 6) is 1.01. The third-order valence-corrected chi connectivity index (χ3v) is 10.0. The molecule has 3 atom stereocenters. The Kier molecular flexibility index (Phi) is 9.64. The molecule has 4 aromatic rings.